The molecular weight excluding hydrogens is 817 g/mol. The van der Waals surface area contributed by atoms with Crippen molar-refractivity contribution in [1.29, 1.82) is 0 Å². The number of ether oxygens (including phenoxy) is 3. The Labute approximate surface area is 407 Å². The first-order chi connectivity index (χ1) is 32.5. The molecule has 0 bridgehead atoms. The van der Waals surface area contributed by atoms with Crippen LogP contribution in [0, 0.1) is 0 Å². The molecular formula is C60H102O6. The van der Waals surface area contributed by atoms with E-state index in [1.807, 2.05) is 54.7 Å². The molecule has 0 aliphatic heterocycles. The van der Waals surface area contributed by atoms with E-state index in [1.54, 1.807) is 0 Å². The van der Waals surface area contributed by atoms with Crippen molar-refractivity contribution in [2.24, 2.45) is 0 Å². The van der Waals surface area contributed by atoms with Gasteiger partial charge in [0, 0.05) is 19.3 Å². The highest BCUT2D eigenvalue weighted by Crippen LogP contribution is 2.15. The fraction of sp³-hybridized carbons (Fsp3) is 0.717. The summed E-state index contributed by atoms with van der Waals surface area (Å²) in [5.41, 5.74) is 0. The molecule has 0 radical (unpaired) electrons. The number of rotatable bonds is 49. The molecule has 0 aromatic carbocycles. The van der Waals surface area contributed by atoms with Crippen LogP contribution in [0.15, 0.2) is 85.1 Å². The van der Waals surface area contributed by atoms with E-state index in [-0.39, 0.29) is 37.5 Å². The highest BCUT2D eigenvalue weighted by atomic mass is 16.6. The van der Waals surface area contributed by atoms with E-state index in [0.29, 0.717) is 19.3 Å². The second kappa shape index (κ2) is 54.2. The summed E-state index contributed by atoms with van der Waals surface area (Å²) >= 11 is 0. The van der Waals surface area contributed by atoms with Gasteiger partial charge >= 0.3 is 17.9 Å². The van der Waals surface area contributed by atoms with E-state index in [1.165, 1.54) is 154 Å². The number of carbonyl (C=O) groups is 3. The Morgan fingerprint density at radius 2 is 0.621 bits per heavy atom. The maximum absolute atomic E-state index is 12.8. The minimum atomic E-state index is -0.811. The van der Waals surface area contributed by atoms with Gasteiger partial charge in [-0.3, -0.25) is 14.4 Å². The van der Waals surface area contributed by atoms with Crippen molar-refractivity contribution < 1.29 is 28.6 Å². The zero-order valence-electron chi connectivity index (χ0n) is 43.2. The normalized spacial score (nSPS) is 12.7. The monoisotopic (exact) mass is 919 g/mol. The van der Waals surface area contributed by atoms with Gasteiger partial charge in [0.15, 0.2) is 6.10 Å². The Morgan fingerprint density at radius 1 is 0.318 bits per heavy atom. The molecule has 0 aliphatic rings. The summed E-state index contributed by atoms with van der Waals surface area (Å²) in [6.45, 7) is 6.43. The van der Waals surface area contributed by atoms with Crippen molar-refractivity contribution in [3.63, 3.8) is 0 Å². The van der Waals surface area contributed by atoms with Crippen LogP contribution in [0.1, 0.15) is 258 Å². The summed E-state index contributed by atoms with van der Waals surface area (Å²) in [6.07, 6.45) is 70.1. The molecule has 0 spiro atoms. The Morgan fingerprint density at radius 3 is 1.02 bits per heavy atom. The summed E-state index contributed by atoms with van der Waals surface area (Å²) in [5, 5.41) is 0. The first kappa shape index (κ1) is 62.6. The maximum Gasteiger partial charge on any atom is 0.306 e. The van der Waals surface area contributed by atoms with Gasteiger partial charge in [0.05, 0.1) is 0 Å². The van der Waals surface area contributed by atoms with Crippen molar-refractivity contribution in [1.82, 2.24) is 0 Å². The summed E-state index contributed by atoms with van der Waals surface area (Å²) in [5.74, 6) is -0.991. The molecule has 0 fully saturated rings. The minimum Gasteiger partial charge on any atom is -0.462 e. The zero-order valence-corrected chi connectivity index (χ0v) is 43.2. The third kappa shape index (κ3) is 51.6. The molecule has 6 nitrogen and oxygen atoms in total. The Balaban J connectivity index is 4.46. The second-order valence-electron chi connectivity index (χ2n) is 18.2. The van der Waals surface area contributed by atoms with Crippen molar-refractivity contribution in [2.45, 2.75) is 264 Å². The van der Waals surface area contributed by atoms with Crippen LogP contribution < -0.4 is 0 Å². The molecule has 0 aliphatic carbocycles. The number of hydrogen-bond donors (Lipinski definition) is 0. The fourth-order valence-electron chi connectivity index (χ4n) is 7.58. The molecule has 1 unspecified atom stereocenters. The van der Waals surface area contributed by atoms with Crippen LogP contribution in [0.3, 0.4) is 0 Å². The molecule has 0 aromatic heterocycles. The molecule has 6 heteroatoms. The lowest BCUT2D eigenvalue weighted by Gasteiger charge is -2.18. The summed E-state index contributed by atoms with van der Waals surface area (Å²) < 4.78 is 16.8. The largest absolute Gasteiger partial charge is 0.462 e. The predicted octanol–water partition coefficient (Wildman–Crippen LogP) is 18.4. The lowest BCUT2D eigenvalue weighted by Crippen LogP contribution is -2.30. The van der Waals surface area contributed by atoms with E-state index >= 15 is 0 Å². The van der Waals surface area contributed by atoms with E-state index in [0.717, 1.165) is 57.8 Å². The van der Waals surface area contributed by atoms with Gasteiger partial charge in [0.1, 0.15) is 13.2 Å². The average Bonchev–Trinajstić information content (AvgIpc) is 3.31. The van der Waals surface area contributed by atoms with Gasteiger partial charge < -0.3 is 14.2 Å². The fourth-order valence-corrected chi connectivity index (χ4v) is 7.58. The quantitative estimate of drug-likeness (QED) is 0.0199. The molecule has 0 saturated carbocycles. The third-order valence-electron chi connectivity index (χ3n) is 11.7. The molecule has 0 aromatic rings. The van der Waals surface area contributed by atoms with Crippen molar-refractivity contribution >= 4 is 17.9 Å². The summed E-state index contributed by atoms with van der Waals surface area (Å²) in [4.78, 5) is 38.0. The topological polar surface area (TPSA) is 78.9 Å². The molecule has 378 valence electrons. The van der Waals surface area contributed by atoms with Crippen LogP contribution in [0.2, 0.25) is 0 Å². The number of allylic oxidation sites excluding steroid dienone is 14. The predicted molar refractivity (Wildman–Crippen MR) is 284 cm³/mol. The summed E-state index contributed by atoms with van der Waals surface area (Å²) in [6, 6.07) is 0. The highest BCUT2D eigenvalue weighted by Gasteiger charge is 2.19. The number of esters is 3. The summed E-state index contributed by atoms with van der Waals surface area (Å²) in [7, 11) is 0. The second-order valence-corrected chi connectivity index (χ2v) is 18.2. The van der Waals surface area contributed by atoms with E-state index in [2.05, 4.69) is 51.2 Å². The number of hydrogen-bond acceptors (Lipinski definition) is 6. The Hall–Kier alpha value is -3.41. The molecule has 66 heavy (non-hydrogen) atoms. The third-order valence-corrected chi connectivity index (χ3v) is 11.7. The maximum atomic E-state index is 12.8. The Kier molecular flexibility index (Phi) is 51.4. The average molecular weight is 919 g/mol. The standard InChI is InChI=1S/C60H102O6/c1-4-7-10-13-16-19-22-25-27-29-31-32-35-38-41-44-47-50-53-59(62)65-56-57(55-64-58(61)52-49-46-43-40-37-34-24-21-18-15-12-9-6-3)66-60(63)54-51-48-45-42-39-36-33-30-28-26-23-20-17-14-11-8-5-2/h9,12,15,18,21,24,26,28,31-32,34,37,40,43,57H,4-8,10-11,13-14,16-17,19-20,22-23,25,27,29-30,33,35-36,38-39,41-42,44-56H2,1-3H3/b12-9-,18-15-,24-21-,28-26-,32-31-,37-34-,43-40-. The molecule has 0 amide bonds. The Bertz CT molecular complexity index is 1290. The molecule has 0 saturated heterocycles. The molecule has 0 heterocycles. The van der Waals surface area contributed by atoms with Gasteiger partial charge in [-0.2, -0.15) is 0 Å². The van der Waals surface area contributed by atoms with Crippen LogP contribution >= 0.6 is 0 Å². The van der Waals surface area contributed by atoms with Gasteiger partial charge in [0.2, 0.25) is 0 Å². The molecule has 1 atom stereocenters. The highest BCUT2D eigenvalue weighted by molar-refractivity contribution is 5.71. The number of unbranched alkanes of at least 4 members (excludes halogenated alkanes) is 28. The SMILES string of the molecule is CC\C=C/C=C\C=C/C=C\C=C/CCCC(=O)OCC(COC(=O)CCCCCCC/C=C\CCCCCCCCCCC)OC(=O)CCCCCCCCC/C=C\CCCCCCCC. The van der Waals surface area contributed by atoms with Gasteiger partial charge in [-0.05, 0) is 83.5 Å². The van der Waals surface area contributed by atoms with Crippen LogP contribution in [-0.2, 0) is 28.6 Å². The van der Waals surface area contributed by atoms with Crippen molar-refractivity contribution in [3.8, 4) is 0 Å². The van der Waals surface area contributed by atoms with E-state index < -0.39 is 6.10 Å². The van der Waals surface area contributed by atoms with Gasteiger partial charge in [0.25, 0.3) is 0 Å². The van der Waals surface area contributed by atoms with E-state index in [4.69, 9.17) is 14.2 Å². The molecule has 0 N–H and O–H groups in total. The lowest BCUT2D eigenvalue weighted by molar-refractivity contribution is -0.167. The van der Waals surface area contributed by atoms with Gasteiger partial charge in [-0.15, -0.1) is 0 Å². The van der Waals surface area contributed by atoms with Crippen LogP contribution in [0.25, 0.3) is 0 Å². The van der Waals surface area contributed by atoms with Crippen LogP contribution in [0.4, 0.5) is 0 Å². The zero-order chi connectivity index (χ0) is 47.9. The van der Waals surface area contributed by atoms with Crippen molar-refractivity contribution in [2.75, 3.05) is 13.2 Å². The first-order valence-corrected chi connectivity index (χ1v) is 27.7. The van der Waals surface area contributed by atoms with Crippen LogP contribution in [0.5, 0.6) is 0 Å². The van der Waals surface area contributed by atoms with Gasteiger partial charge in [-0.25, -0.2) is 0 Å². The smallest absolute Gasteiger partial charge is 0.306 e. The lowest BCUT2D eigenvalue weighted by atomic mass is 10.1. The molecule has 0 rings (SSSR count). The minimum absolute atomic E-state index is 0.105. The van der Waals surface area contributed by atoms with E-state index in [9.17, 15) is 14.4 Å². The van der Waals surface area contributed by atoms with Crippen molar-refractivity contribution in [3.05, 3.63) is 85.1 Å². The van der Waals surface area contributed by atoms with Crippen LogP contribution in [-0.4, -0.2) is 37.2 Å². The van der Waals surface area contributed by atoms with Gasteiger partial charge in [-0.1, -0.05) is 241 Å². The first-order valence-electron chi connectivity index (χ1n) is 27.7. The number of carbonyl (C=O) groups excluding carboxylic acids is 3.